The number of amides is 5. The van der Waals surface area contributed by atoms with E-state index in [1.807, 2.05) is 12.3 Å². The van der Waals surface area contributed by atoms with Crippen molar-refractivity contribution in [2.24, 2.45) is 11.8 Å². The number of imide groups is 1. The first-order valence-electron chi connectivity index (χ1n) is 12.9. The number of urea groups is 1. The third-order valence-electron chi connectivity index (χ3n) is 7.71. The zero-order valence-electron chi connectivity index (χ0n) is 22.5. The van der Waals surface area contributed by atoms with Gasteiger partial charge in [-0.05, 0) is 38.2 Å². The topological polar surface area (TPSA) is 103 Å². The van der Waals surface area contributed by atoms with Gasteiger partial charge in [0, 0.05) is 36.8 Å². The second-order valence-electron chi connectivity index (χ2n) is 10.7. The van der Waals surface area contributed by atoms with Crippen LogP contribution in [0.1, 0.15) is 43.8 Å². The molecule has 5 amide bonds. The SMILES string of the molecule is Cc1csc(CN2C(=O)N(C)C(=O)C23CCN(C(=O)C(NC(=O)C2CC(C(F)(F)F)=CC=C2F)C(C)C)CC3)n1. The summed E-state index contributed by atoms with van der Waals surface area (Å²) >= 11 is 1.38. The largest absolute Gasteiger partial charge is 0.412 e. The van der Waals surface area contributed by atoms with Crippen LogP contribution in [-0.2, 0) is 20.9 Å². The number of aryl methyl sites for hydroxylation is 1. The number of halogens is 4. The molecule has 0 bridgehead atoms. The maximum absolute atomic E-state index is 14.4. The van der Waals surface area contributed by atoms with Crippen LogP contribution in [0.2, 0.25) is 0 Å². The number of alkyl halides is 3. The van der Waals surface area contributed by atoms with Crippen molar-refractivity contribution in [1.29, 1.82) is 0 Å². The predicted octanol–water partition coefficient (Wildman–Crippen LogP) is 3.71. The van der Waals surface area contributed by atoms with Gasteiger partial charge in [0.2, 0.25) is 11.8 Å². The molecular weight excluding hydrogens is 554 g/mol. The number of rotatable bonds is 6. The minimum atomic E-state index is -4.70. The van der Waals surface area contributed by atoms with E-state index in [1.54, 1.807) is 13.8 Å². The molecule has 1 N–H and O–H groups in total. The lowest BCUT2D eigenvalue weighted by Gasteiger charge is -2.43. The Morgan fingerprint density at radius 1 is 1.20 bits per heavy atom. The Labute approximate surface area is 232 Å². The summed E-state index contributed by atoms with van der Waals surface area (Å²) < 4.78 is 53.8. The summed E-state index contributed by atoms with van der Waals surface area (Å²) in [5, 5.41) is 5.00. The van der Waals surface area contributed by atoms with Crippen LogP contribution in [0, 0.1) is 18.8 Å². The fraction of sp³-hybridized carbons (Fsp3) is 0.577. The Bertz CT molecular complexity index is 1270. The maximum atomic E-state index is 14.4. The lowest BCUT2D eigenvalue weighted by Crippen LogP contribution is -2.60. The predicted molar refractivity (Wildman–Crippen MR) is 137 cm³/mol. The summed E-state index contributed by atoms with van der Waals surface area (Å²) in [6.45, 7) is 5.52. The molecule has 2 unspecified atom stereocenters. The molecule has 2 fully saturated rings. The summed E-state index contributed by atoms with van der Waals surface area (Å²) in [5.74, 6) is -5.01. The number of carbonyl (C=O) groups excluding carboxylic acids is 4. The smallest absolute Gasteiger partial charge is 0.343 e. The number of likely N-dealkylation sites (tertiary alicyclic amines) is 1. The van der Waals surface area contributed by atoms with E-state index < -0.39 is 65.3 Å². The van der Waals surface area contributed by atoms with Crippen molar-refractivity contribution < 1.29 is 36.7 Å². The molecule has 2 aliphatic heterocycles. The average Bonchev–Trinajstić information content (AvgIpc) is 3.38. The molecule has 218 valence electrons. The van der Waals surface area contributed by atoms with Crippen molar-refractivity contribution in [3.63, 3.8) is 0 Å². The molecule has 3 heterocycles. The first kappa shape index (κ1) is 29.7. The number of carbonyl (C=O) groups is 4. The van der Waals surface area contributed by atoms with E-state index in [0.29, 0.717) is 17.2 Å². The van der Waals surface area contributed by atoms with E-state index in [9.17, 15) is 36.7 Å². The van der Waals surface area contributed by atoms with Gasteiger partial charge in [-0.15, -0.1) is 11.3 Å². The standard InChI is InChI=1S/C26H31F4N5O4S/c1-14(2)20(32-21(36)17-11-16(26(28,29)30)5-6-18(17)27)22(37)34-9-7-25(8-10-34)23(38)33(4)24(39)35(25)12-19-31-15(3)13-40-19/h5-6,13-14,17,20H,7-12H2,1-4H3,(H,32,36). The third kappa shape index (κ3) is 5.50. The van der Waals surface area contributed by atoms with Crippen molar-refractivity contribution in [2.75, 3.05) is 20.1 Å². The zero-order chi connectivity index (χ0) is 29.6. The maximum Gasteiger partial charge on any atom is 0.412 e. The van der Waals surface area contributed by atoms with Crippen LogP contribution in [-0.4, -0.2) is 81.3 Å². The fourth-order valence-electron chi connectivity index (χ4n) is 5.36. The number of thiazole rings is 1. The molecule has 0 radical (unpaired) electrons. The molecule has 2 saturated heterocycles. The molecule has 1 spiro atoms. The van der Waals surface area contributed by atoms with Crippen molar-refractivity contribution in [3.05, 3.63) is 39.6 Å². The minimum absolute atomic E-state index is 0.108. The van der Waals surface area contributed by atoms with Crippen LogP contribution in [0.3, 0.4) is 0 Å². The second-order valence-corrected chi connectivity index (χ2v) is 11.6. The van der Waals surface area contributed by atoms with E-state index in [-0.39, 0.29) is 38.4 Å². The highest BCUT2D eigenvalue weighted by molar-refractivity contribution is 7.09. The molecular formula is C26H31F4N5O4S. The van der Waals surface area contributed by atoms with Gasteiger partial charge in [0.1, 0.15) is 22.4 Å². The fourth-order valence-corrected chi connectivity index (χ4v) is 6.12. The molecule has 0 aromatic carbocycles. The second kappa shape index (κ2) is 10.9. The van der Waals surface area contributed by atoms with Gasteiger partial charge in [-0.3, -0.25) is 19.3 Å². The molecule has 14 heteroatoms. The zero-order valence-corrected chi connectivity index (χ0v) is 23.4. The molecule has 1 aromatic heterocycles. The molecule has 1 aromatic rings. The quantitative estimate of drug-likeness (QED) is 0.405. The van der Waals surface area contributed by atoms with Crippen molar-refractivity contribution in [1.82, 2.24) is 25.0 Å². The lowest BCUT2D eigenvalue weighted by molar-refractivity contribution is -0.144. The van der Waals surface area contributed by atoms with Gasteiger partial charge in [0.15, 0.2) is 0 Å². The monoisotopic (exact) mass is 585 g/mol. The third-order valence-corrected chi connectivity index (χ3v) is 8.66. The highest BCUT2D eigenvalue weighted by Gasteiger charge is 2.57. The van der Waals surface area contributed by atoms with E-state index in [0.717, 1.165) is 10.6 Å². The number of nitrogens with one attached hydrogen (secondary N) is 1. The number of hydrogen-bond acceptors (Lipinski definition) is 6. The van der Waals surface area contributed by atoms with Crippen molar-refractivity contribution in [3.8, 4) is 0 Å². The number of aromatic nitrogens is 1. The van der Waals surface area contributed by atoms with Crippen LogP contribution in [0.4, 0.5) is 22.4 Å². The Morgan fingerprint density at radius 3 is 2.40 bits per heavy atom. The molecule has 1 aliphatic carbocycles. The van der Waals surface area contributed by atoms with Gasteiger partial charge < -0.3 is 15.1 Å². The molecule has 0 saturated carbocycles. The summed E-state index contributed by atoms with van der Waals surface area (Å²) in [6.07, 6.45) is -4.00. The first-order chi connectivity index (χ1) is 18.7. The minimum Gasteiger partial charge on any atom is -0.343 e. The molecule has 9 nitrogen and oxygen atoms in total. The van der Waals surface area contributed by atoms with Crippen LogP contribution < -0.4 is 5.32 Å². The lowest BCUT2D eigenvalue weighted by atomic mass is 9.85. The normalized spacial score (nSPS) is 22.1. The summed E-state index contributed by atoms with van der Waals surface area (Å²) in [5.41, 5.74) is -1.37. The number of piperidine rings is 1. The van der Waals surface area contributed by atoms with Gasteiger partial charge in [0.25, 0.3) is 5.91 Å². The van der Waals surface area contributed by atoms with Crippen LogP contribution in [0.15, 0.2) is 28.9 Å². The van der Waals surface area contributed by atoms with Gasteiger partial charge in [-0.25, -0.2) is 14.2 Å². The van der Waals surface area contributed by atoms with Crippen molar-refractivity contribution >= 4 is 35.1 Å². The number of likely N-dealkylation sites (N-methyl/N-ethyl adjacent to an activating group) is 1. The number of nitrogens with zero attached hydrogens (tertiary/aromatic N) is 4. The Morgan fingerprint density at radius 2 is 1.85 bits per heavy atom. The Balaban J connectivity index is 1.46. The van der Waals surface area contributed by atoms with Gasteiger partial charge in [-0.1, -0.05) is 19.9 Å². The average molecular weight is 586 g/mol. The summed E-state index contributed by atoms with van der Waals surface area (Å²) in [6, 6.07) is -1.56. The van der Waals surface area contributed by atoms with Crippen molar-refractivity contribution in [2.45, 2.75) is 64.3 Å². The number of allylic oxidation sites excluding steroid dienone is 3. The van der Waals surface area contributed by atoms with Gasteiger partial charge >= 0.3 is 12.2 Å². The molecule has 3 aliphatic rings. The number of hydrogen-bond donors (Lipinski definition) is 1. The van der Waals surface area contributed by atoms with Gasteiger partial charge in [0.05, 0.1) is 12.5 Å². The summed E-state index contributed by atoms with van der Waals surface area (Å²) in [4.78, 5) is 61.0. The first-order valence-corrected chi connectivity index (χ1v) is 13.8. The Hall–Kier alpha value is -3.29. The molecule has 40 heavy (non-hydrogen) atoms. The van der Waals surface area contributed by atoms with E-state index in [4.69, 9.17) is 0 Å². The van der Waals surface area contributed by atoms with Crippen LogP contribution in [0.5, 0.6) is 0 Å². The van der Waals surface area contributed by atoms with E-state index in [1.165, 1.54) is 28.2 Å². The highest BCUT2D eigenvalue weighted by Crippen LogP contribution is 2.39. The van der Waals surface area contributed by atoms with E-state index >= 15 is 0 Å². The van der Waals surface area contributed by atoms with Crippen LogP contribution in [0.25, 0.3) is 0 Å². The van der Waals surface area contributed by atoms with Crippen LogP contribution >= 0.6 is 11.3 Å². The summed E-state index contributed by atoms with van der Waals surface area (Å²) in [7, 11) is 1.42. The molecule has 2 atom stereocenters. The molecule has 4 rings (SSSR count). The Kier molecular flexibility index (Phi) is 8.12. The van der Waals surface area contributed by atoms with Gasteiger partial charge in [-0.2, -0.15) is 13.2 Å². The highest BCUT2D eigenvalue weighted by atomic mass is 32.1. The van der Waals surface area contributed by atoms with E-state index in [2.05, 4.69) is 10.3 Å².